The van der Waals surface area contributed by atoms with Crippen LogP contribution in [0.5, 0.6) is 0 Å². The van der Waals surface area contributed by atoms with Crippen LogP contribution in [0.4, 0.5) is 0 Å². The summed E-state index contributed by atoms with van der Waals surface area (Å²) in [5.74, 6) is 0.0598. The number of rotatable bonds is 4. The topological polar surface area (TPSA) is 46.3 Å². The Morgan fingerprint density at radius 2 is 2.00 bits per heavy atom. The van der Waals surface area contributed by atoms with Crippen LogP contribution >= 0.6 is 11.6 Å². The van der Waals surface area contributed by atoms with Gasteiger partial charge < -0.3 is 10.6 Å². The lowest BCUT2D eigenvalue weighted by atomic mass is 10.2. The van der Waals surface area contributed by atoms with E-state index in [9.17, 15) is 4.79 Å². The van der Waals surface area contributed by atoms with E-state index < -0.39 is 0 Å². The van der Waals surface area contributed by atoms with E-state index >= 15 is 0 Å². The zero-order valence-corrected chi connectivity index (χ0v) is 9.78. The molecular weight excluding hydrogens is 224 g/mol. The number of hydrogen-bond acceptors (Lipinski definition) is 2. The molecule has 0 atom stereocenters. The summed E-state index contributed by atoms with van der Waals surface area (Å²) in [6.07, 6.45) is 2.19. The minimum atomic E-state index is 0.0598. The molecule has 3 nitrogen and oxygen atoms in total. The van der Waals surface area contributed by atoms with Crippen molar-refractivity contribution in [3.05, 3.63) is 34.9 Å². The van der Waals surface area contributed by atoms with E-state index in [4.69, 9.17) is 17.3 Å². The van der Waals surface area contributed by atoms with Crippen molar-refractivity contribution in [2.75, 3.05) is 13.1 Å². The second-order valence-corrected chi connectivity index (χ2v) is 4.46. The highest BCUT2D eigenvalue weighted by Gasteiger charge is 2.32. The number of amides is 1. The molecule has 1 saturated carbocycles. The van der Waals surface area contributed by atoms with Crippen molar-refractivity contribution in [1.29, 1.82) is 0 Å². The molecule has 4 heteroatoms. The number of benzene rings is 1. The van der Waals surface area contributed by atoms with E-state index in [1.807, 2.05) is 4.90 Å². The van der Waals surface area contributed by atoms with E-state index in [1.165, 1.54) is 0 Å². The molecule has 0 bridgehead atoms. The van der Waals surface area contributed by atoms with Crippen molar-refractivity contribution in [2.24, 2.45) is 5.73 Å². The maximum absolute atomic E-state index is 12.2. The van der Waals surface area contributed by atoms with Crippen molar-refractivity contribution in [1.82, 2.24) is 4.90 Å². The minimum absolute atomic E-state index is 0.0598. The van der Waals surface area contributed by atoms with Gasteiger partial charge in [-0.25, -0.2) is 0 Å². The Hall–Kier alpha value is -1.06. The van der Waals surface area contributed by atoms with Gasteiger partial charge in [-0.1, -0.05) is 11.6 Å². The minimum Gasteiger partial charge on any atom is -0.334 e. The highest BCUT2D eigenvalue weighted by molar-refractivity contribution is 6.30. The van der Waals surface area contributed by atoms with Gasteiger partial charge in [-0.2, -0.15) is 0 Å². The number of halogens is 1. The van der Waals surface area contributed by atoms with Crippen LogP contribution in [0.1, 0.15) is 23.2 Å². The molecule has 0 unspecified atom stereocenters. The van der Waals surface area contributed by atoms with E-state index in [-0.39, 0.29) is 5.91 Å². The molecule has 0 aliphatic heterocycles. The summed E-state index contributed by atoms with van der Waals surface area (Å²) in [5.41, 5.74) is 6.20. The van der Waals surface area contributed by atoms with Gasteiger partial charge in [0.15, 0.2) is 0 Å². The van der Waals surface area contributed by atoms with Crippen LogP contribution in [0.15, 0.2) is 24.3 Å². The first kappa shape index (κ1) is 11.4. The molecule has 0 heterocycles. The van der Waals surface area contributed by atoms with Gasteiger partial charge in [0.25, 0.3) is 5.91 Å². The zero-order chi connectivity index (χ0) is 11.5. The number of carbonyl (C=O) groups excluding carboxylic acids is 1. The lowest BCUT2D eigenvalue weighted by molar-refractivity contribution is 0.0748. The summed E-state index contributed by atoms with van der Waals surface area (Å²) in [7, 11) is 0. The Labute approximate surface area is 100 Å². The summed E-state index contributed by atoms with van der Waals surface area (Å²) in [6, 6.07) is 7.39. The van der Waals surface area contributed by atoms with Gasteiger partial charge in [-0.3, -0.25) is 4.79 Å². The highest BCUT2D eigenvalue weighted by Crippen LogP contribution is 2.28. The summed E-state index contributed by atoms with van der Waals surface area (Å²) in [5, 5.41) is 0.647. The van der Waals surface area contributed by atoms with Gasteiger partial charge in [0.2, 0.25) is 0 Å². The fraction of sp³-hybridized carbons (Fsp3) is 0.417. The van der Waals surface area contributed by atoms with Crippen molar-refractivity contribution in [3.8, 4) is 0 Å². The van der Waals surface area contributed by atoms with Crippen LogP contribution in [0.25, 0.3) is 0 Å². The normalized spacial score (nSPS) is 14.9. The fourth-order valence-electron chi connectivity index (χ4n) is 1.73. The van der Waals surface area contributed by atoms with Gasteiger partial charge in [-0.05, 0) is 37.1 Å². The predicted octanol–water partition coefficient (Wildman–Crippen LogP) is 1.90. The van der Waals surface area contributed by atoms with Crippen LogP contribution in [-0.4, -0.2) is 29.9 Å². The van der Waals surface area contributed by atoms with Crippen LogP contribution < -0.4 is 5.73 Å². The third-order valence-corrected chi connectivity index (χ3v) is 2.96. The fourth-order valence-corrected chi connectivity index (χ4v) is 1.86. The SMILES string of the molecule is NCCN(C(=O)c1ccc(Cl)cc1)C1CC1. The first-order valence-corrected chi connectivity index (χ1v) is 5.87. The Kier molecular flexibility index (Phi) is 3.46. The largest absolute Gasteiger partial charge is 0.334 e. The quantitative estimate of drug-likeness (QED) is 0.871. The molecule has 86 valence electrons. The zero-order valence-electron chi connectivity index (χ0n) is 9.03. The molecule has 0 radical (unpaired) electrons. The lowest BCUT2D eigenvalue weighted by Gasteiger charge is -2.21. The van der Waals surface area contributed by atoms with Crippen molar-refractivity contribution in [3.63, 3.8) is 0 Å². The Balaban J connectivity index is 2.12. The maximum Gasteiger partial charge on any atom is 0.254 e. The van der Waals surface area contributed by atoms with E-state index in [0.717, 1.165) is 12.8 Å². The molecule has 16 heavy (non-hydrogen) atoms. The molecule has 2 N–H and O–H groups in total. The third-order valence-electron chi connectivity index (χ3n) is 2.71. The van der Waals surface area contributed by atoms with Crippen LogP contribution in [-0.2, 0) is 0 Å². The maximum atomic E-state index is 12.2. The number of nitrogens with zero attached hydrogens (tertiary/aromatic N) is 1. The standard InChI is InChI=1S/C12H15ClN2O/c13-10-3-1-9(2-4-10)12(16)15(8-7-14)11-5-6-11/h1-4,11H,5-8,14H2. The molecule has 1 aliphatic carbocycles. The Morgan fingerprint density at radius 1 is 1.38 bits per heavy atom. The van der Waals surface area contributed by atoms with Crippen LogP contribution in [0.2, 0.25) is 5.02 Å². The Morgan fingerprint density at radius 3 is 2.50 bits per heavy atom. The van der Waals surface area contributed by atoms with E-state index in [1.54, 1.807) is 24.3 Å². The second kappa shape index (κ2) is 4.85. The highest BCUT2D eigenvalue weighted by atomic mass is 35.5. The summed E-state index contributed by atoms with van der Waals surface area (Å²) in [4.78, 5) is 14.0. The average Bonchev–Trinajstić information content (AvgIpc) is 3.10. The lowest BCUT2D eigenvalue weighted by Crippen LogP contribution is -2.37. The molecule has 0 spiro atoms. The smallest absolute Gasteiger partial charge is 0.254 e. The number of hydrogen-bond donors (Lipinski definition) is 1. The van der Waals surface area contributed by atoms with Gasteiger partial charge in [0.05, 0.1) is 0 Å². The molecular formula is C12H15ClN2O. The molecule has 2 rings (SSSR count). The van der Waals surface area contributed by atoms with Crippen molar-refractivity contribution < 1.29 is 4.79 Å². The van der Waals surface area contributed by atoms with E-state index in [0.29, 0.717) is 29.7 Å². The molecule has 0 aromatic heterocycles. The number of nitrogens with two attached hydrogens (primary N) is 1. The average molecular weight is 239 g/mol. The summed E-state index contributed by atoms with van der Waals surface area (Å²) < 4.78 is 0. The summed E-state index contributed by atoms with van der Waals surface area (Å²) >= 11 is 5.79. The van der Waals surface area contributed by atoms with E-state index in [2.05, 4.69) is 0 Å². The summed E-state index contributed by atoms with van der Waals surface area (Å²) in [6.45, 7) is 1.14. The second-order valence-electron chi connectivity index (χ2n) is 4.03. The molecule has 1 fully saturated rings. The van der Waals surface area contributed by atoms with Crippen molar-refractivity contribution >= 4 is 17.5 Å². The van der Waals surface area contributed by atoms with Gasteiger partial charge >= 0.3 is 0 Å². The van der Waals surface area contributed by atoms with Crippen LogP contribution in [0, 0.1) is 0 Å². The first-order chi connectivity index (χ1) is 7.72. The van der Waals surface area contributed by atoms with Gasteiger partial charge in [-0.15, -0.1) is 0 Å². The van der Waals surface area contributed by atoms with Crippen molar-refractivity contribution in [2.45, 2.75) is 18.9 Å². The predicted molar refractivity (Wildman–Crippen MR) is 64.6 cm³/mol. The number of carbonyl (C=O) groups is 1. The van der Waals surface area contributed by atoms with Gasteiger partial charge in [0, 0.05) is 29.7 Å². The molecule has 1 amide bonds. The molecule has 0 saturated heterocycles. The molecule has 1 aromatic rings. The van der Waals surface area contributed by atoms with Gasteiger partial charge in [0.1, 0.15) is 0 Å². The monoisotopic (exact) mass is 238 g/mol. The molecule has 1 aromatic carbocycles. The van der Waals surface area contributed by atoms with Crippen LogP contribution in [0.3, 0.4) is 0 Å². The Bertz CT molecular complexity index is 373. The molecule has 1 aliphatic rings. The first-order valence-electron chi connectivity index (χ1n) is 5.49. The third kappa shape index (κ3) is 2.54.